The van der Waals surface area contributed by atoms with Crippen LogP contribution in [0.1, 0.15) is 30.0 Å². The summed E-state index contributed by atoms with van der Waals surface area (Å²) in [6.07, 6.45) is 0.597. The highest BCUT2D eigenvalue weighted by atomic mass is 16.3. The zero-order valence-corrected chi connectivity index (χ0v) is 13.8. The quantitative estimate of drug-likeness (QED) is 0.424. The van der Waals surface area contributed by atoms with Gasteiger partial charge in [0.2, 0.25) is 5.75 Å². The second kappa shape index (κ2) is 6.40. The lowest BCUT2D eigenvalue weighted by atomic mass is 9.67. The van der Waals surface area contributed by atoms with Gasteiger partial charge in [0.15, 0.2) is 11.5 Å². The van der Waals surface area contributed by atoms with E-state index in [0.717, 1.165) is 11.1 Å². The summed E-state index contributed by atoms with van der Waals surface area (Å²) in [6.45, 7) is 1.99. The molecule has 128 valence electrons. The Morgan fingerprint density at radius 1 is 0.680 bits per heavy atom. The van der Waals surface area contributed by atoms with Crippen LogP contribution in [-0.2, 0) is 5.41 Å². The van der Waals surface area contributed by atoms with Crippen molar-refractivity contribution in [2.24, 2.45) is 0 Å². The van der Waals surface area contributed by atoms with Crippen LogP contribution in [0.4, 0.5) is 0 Å². The monoisotopic (exact) mass is 336 g/mol. The molecule has 0 aliphatic carbocycles. The molecule has 3 aromatic carbocycles. The third-order valence-electron chi connectivity index (χ3n) is 4.75. The highest BCUT2D eigenvalue weighted by molar-refractivity contribution is 5.62. The van der Waals surface area contributed by atoms with Crippen LogP contribution in [0.25, 0.3) is 0 Å². The molecule has 25 heavy (non-hydrogen) atoms. The molecule has 4 heteroatoms. The van der Waals surface area contributed by atoms with E-state index in [9.17, 15) is 20.4 Å². The Labute approximate surface area is 146 Å². The van der Waals surface area contributed by atoms with Crippen LogP contribution in [0.5, 0.6) is 23.0 Å². The van der Waals surface area contributed by atoms with Gasteiger partial charge < -0.3 is 20.4 Å². The Balaban J connectivity index is 2.37. The second-order valence-corrected chi connectivity index (χ2v) is 6.00. The minimum absolute atomic E-state index is 0.152. The molecule has 0 amide bonds. The molecular formula is C21H20O4. The molecule has 0 saturated heterocycles. The molecule has 0 aliphatic heterocycles. The van der Waals surface area contributed by atoms with Crippen LogP contribution in [-0.4, -0.2) is 20.4 Å². The molecular weight excluding hydrogens is 316 g/mol. The van der Waals surface area contributed by atoms with Gasteiger partial charge in [-0.3, -0.25) is 0 Å². The van der Waals surface area contributed by atoms with E-state index < -0.39 is 11.2 Å². The molecule has 0 heterocycles. The van der Waals surface area contributed by atoms with Crippen LogP contribution in [0, 0.1) is 0 Å². The van der Waals surface area contributed by atoms with Crippen molar-refractivity contribution in [3.8, 4) is 23.0 Å². The number of rotatable bonds is 4. The number of phenols is 4. The van der Waals surface area contributed by atoms with Crippen molar-refractivity contribution in [2.75, 3.05) is 0 Å². The molecule has 4 nitrogen and oxygen atoms in total. The number of phenolic OH excluding ortho intramolecular Hbond substituents is 4. The topological polar surface area (TPSA) is 80.9 Å². The van der Waals surface area contributed by atoms with E-state index in [2.05, 4.69) is 0 Å². The SMILES string of the molecule is CCC(c1ccccc1)(c1ccc(O)cc1)c1ccc(O)c(O)c1O. The zero-order valence-electron chi connectivity index (χ0n) is 13.8. The first-order valence-corrected chi connectivity index (χ1v) is 8.10. The smallest absolute Gasteiger partial charge is 0.200 e. The van der Waals surface area contributed by atoms with Crippen molar-refractivity contribution < 1.29 is 20.4 Å². The van der Waals surface area contributed by atoms with Gasteiger partial charge in [-0.1, -0.05) is 55.5 Å². The molecule has 3 rings (SSSR count). The van der Waals surface area contributed by atoms with Crippen molar-refractivity contribution in [1.82, 2.24) is 0 Å². The lowest BCUT2D eigenvalue weighted by molar-refractivity contribution is 0.360. The third-order valence-corrected chi connectivity index (χ3v) is 4.75. The van der Waals surface area contributed by atoms with E-state index in [4.69, 9.17) is 0 Å². The van der Waals surface area contributed by atoms with Gasteiger partial charge in [-0.2, -0.15) is 0 Å². The Morgan fingerprint density at radius 3 is 1.88 bits per heavy atom. The molecule has 0 saturated carbocycles. The summed E-state index contributed by atoms with van der Waals surface area (Å²) in [6, 6.07) is 19.4. The Morgan fingerprint density at radius 2 is 1.28 bits per heavy atom. The van der Waals surface area contributed by atoms with Crippen LogP contribution in [0.15, 0.2) is 66.7 Å². The summed E-state index contributed by atoms with van der Waals surface area (Å²) >= 11 is 0. The van der Waals surface area contributed by atoms with Gasteiger partial charge in [0.1, 0.15) is 5.75 Å². The first-order valence-electron chi connectivity index (χ1n) is 8.10. The molecule has 1 unspecified atom stereocenters. The molecule has 0 bridgehead atoms. The summed E-state index contributed by atoms with van der Waals surface area (Å²) in [4.78, 5) is 0. The van der Waals surface area contributed by atoms with Crippen molar-refractivity contribution in [1.29, 1.82) is 0 Å². The second-order valence-electron chi connectivity index (χ2n) is 6.00. The molecule has 3 aromatic rings. The van der Waals surface area contributed by atoms with E-state index in [1.165, 1.54) is 6.07 Å². The molecule has 0 fully saturated rings. The summed E-state index contributed by atoms with van der Waals surface area (Å²) in [5.41, 5.74) is 1.54. The van der Waals surface area contributed by atoms with Gasteiger partial charge in [-0.05, 0) is 35.7 Å². The minimum atomic E-state index is -0.746. The Hall–Kier alpha value is -3.14. The van der Waals surface area contributed by atoms with Crippen LogP contribution in [0.3, 0.4) is 0 Å². The summed E-state index contributed by atoms with van der Waals surface area (Å²) < 4.78 is 0. The Kier molecular flexibility index (Phi) is 4.28. The zero-order chi connectivity index (χ0) is 18.0. The fraction of sp³-hybridized carbons (Fsp3) is 0.143. The van der Waals surface area contributed by atoms with E-state index in [1.54, 1.807) is 30.3 Å². The summed E-state index contributed by atoms with van der Waals surface area (Å²) in [7, 11) is 0. The van der Waals surface area contributed by atoms with Crippen molar-refractivity contribution in [3.63, 3.8) is 0 Å². The lowest BCUT2D eigenvalue weighted by Crippen LogP contribution is -2.28. The Bertz CT molecular complexity index is 872. The van der Waals surface area contributed by atoms with Crippen LogP contribution >= 0.6 is 0 Å². The summed E-state index contributed by atoms with van der Waals surface area (Å²) in [5.74, 6) is -1.10. The van der Waals surface area contributed by atoms with Crippen LogP contribution in [0.2, 0.25) is 0 Å². The van der Waals surface area contributed by atoms with Gasteiger partial charge in [0.25, 0.3) is 0 Å². The molecule has 0 radical (unpaired) electrons. The lowest BCUT2D eigenvalue weighted by Gasteiger charge is -2.35. The van der Waals surface area contributed by atoms with Gasteiger partial charge in [-0.25, -0.2) is 0 Å². The highest BCUT2D eigenvalue weighted by Crippen LogP contribution is 2.50. The van der Waals surface area contributed by atoms with E-state index >= 15 is 0 Å². The first kappa shape index (κ1) is 16.7. The van der Waals surface area contributed by atoms with E-state index in [-0.39, 0.29) is 17.2 Å². The first-order chi connectivity index (χ1) is 12.0. The third kappa shape index (κ3) is 2.66. The maximum Gasteiger partial charge on any atom is 0.200 e. The number of hydrogen-bond acceptors (Lipinski definition) is 4. The van der Waals surface area contributed by atoms with Gasteiger partial charge in [0.05, 0.1) is 0 Å². The standard InChI is InChI=1S/C21H20O4/c1-2-21(14-6-4-3-5-7-14,15-8-10-16(22)11-9-15)17-12-13-18(23)20(25)19(17)24/h3-13,22-25H,2H2,1H3. The molecule has 0 spiro atoms. The van der Waals surface area contributed by atoms with Crippen molar-refractivity contribution in [2.45, 2.75) is 18.8 Å². The van der Waals surface area contributed by atoms with Gasteiger partial charge >= 0.3 is 0 Å². The molecule has 4 N–H and O–H groups in total. The predicted molar refractivity (Wildman–Crippen MR) is 96.2 cm³/mol. The van der Waals surface area contributed by atoms with E-state index in [0.29, 0.717) is 12.0 Å². The number of hydrogen-bond donors (Lipinski definition) is 4. The van der Waals surface area contributed by atoms with Gasteiger partial charge in [-0.15, -0.1) is 0 Å². The average Bonchev–Trinajstić information content (AvgIpc) is 2.64. The maximum atomic E-state index is 10.6. The van der Waals surface area contributed by atoms with Crippen molar-refractivity contribution >= 4 is 0 Å². The molecule has 0 aromatic heterocycles. The normalized spacial score (nSPS) is 13.3. The fourth-order valence-electron chi connectivity index (χ4n) is 3.46. The number of benzene rings is 3. The van der Waals surface area contributed by atoms with Crippen LogP contribution < -0.4 is 0 Å². The molecule has 1 atom stereocenters. The number of aromatic hydroxyl groups is 4. The largest absolute Gasteiger partial charge is 0.508 e. The fourth-order valence-corrected chi connectivity index (χ4v) is 3.46. The van der Waals surface area contributed by atoms with Crippen molar-refractivity contribution in [3.05, 3.63) is 83.4 Å². The van der Waals surface area contributed by atoms with Gasteiger partial charge in [0, 0.05) is 11.0 Å². The predicted octanol–water partition coefficient (Wildman–Crippen LogP) is 4.25. The minimum Gasteiger partial charge on any atom is -0.508 e. The maximum absolute atomic E-state index is 10.6. The average molecular weight is 336 g/mol. The summed E-state index contributed by atoms with van der Waals surface area (Å²) in [5, 5.41) is 40.0. The highest BCUT2D eigenvalue weighted by Gasteiger charge is 2.38. The van der Waals surface area contributed by atoms with E-state index in [1.807, 2.05) is 37.3 Å². The molecule has 0 aliphatic rings.